The summed E-state index contributed by atoms with van der Waals surface area (Å²) in [6.07, 6.45) is 2.95. The molecule has 0 spiro atoms. The van der Waals surface area contributed by atoms with Crippen LogP contribution < -0.4 is 20.1 Å². The highest BCUT2D eigenvalue weighted by Gasteiger charge is 2.12. The first kappa shape index (κ1) is 20.1. The number of hydrogen-bond donors (Lipinski definition) is 2. The number of anilines is 3. The SMILES string of the molecule is COc1ccc(NC(=O)c2cnc(Nc3ccc(C(C)C)cc3)cn2)c(OC)c1. The van der Waals surface area contributed by atoms with E-state index in [2.05, 4.69) is 46.6 Å². The molecule has 1 amide bonds. The molecule has 2 N–H and O–H groups in total. The molecule has 0 aliphatic heterocycles. The van der Waals surface area contributed by atoms with E-state index < -0.39 is 0 Å². The van der Waals surface area contributed by atoms with Gasteiger partial charge in [-0.25, -0.2) is 9.97 Å². The normalized spacial score (nSPS) is 10.5. The van der Waals surface area contributed by atoms with Crippen molar-refractivity contribution in [2.24, 2.45) is 0 Å². The molecule has 0 atom stereocenters. The third-order valence-electron chi connectivity index (χ3n) is 4.39. The molecule has 1 aromatic heterocycles. The van der Waals surface area contributed by atoms with Crippen LogP contribution in [-0.2, 0) is 0 Å². The fraction of sp³-hybridized carbons (Fsp3) is 0.227. The van der Waals surface area contributed by atoms with Crippen LogP contribution in [0, 0.1) is 0 Å². The summed E-state index contributed by atoms with van der Waals surface area (Å²) in [4.78, 5) is 21.0. The second-order valence-corrected chi connectivity index (χ2v) is 6.71. The number of carbonyl (C=O) groups is 1. The quantitative estimate of drug-likeness (QED) is 0.611. The van der Waals surface area contributed by atoms with Gasteiger partial charge in [-0.15, -0.1) is 0 Å². The van der Waals surface area contributed by atoms with Gasteiger partial charge in [0.2, 0.25) is 0 Å². The smallest absolute Gasteiger partial charge is 0.275 e. The van der Waals surface area contributed by atoms with Crippen molar-refractivity contribution in [1.82, 2.24) is 9.97 Å². The molecule has 7 nitrogen and oxygen atoms in total. The third-order valence-corrected chi connectivity index (χ3v) is 4.39. The molecular formula is C22H24N4O3. The largest absolute Gasteiger partial charge is 0.497 e. The first-order valence-electron chi connectivity index (χ1n) is 9.22. The lowest BCUT2D eigenvalue weighted by Gasteiger charge is -2.11. The lowest BCUT2D eigenvalue weighted by molar-refractivity contribution is 0.102. The number of amides is 1. The van der Waals surface area contributed by atoms with E-state index >= 15 is 0 Å². The van der Waals surface area contributed by atoms with Crippen LogP contribution in [0.5, 0.6) is 11.5 Å². The van der Waals surface area contributed by atoms with Crippen molar-refractivity contribution >= 4 is 23.1 Å². The van der Waals surface area contributed by atoms with Crippen molar-refractivity contribution < 1.29 is 14.3 Å². The summed E-state index contributed by atoms with van der Waals surface area (Å²) in [7, 11) is 3.09. The lowest BCUT2D eigenvalue weighted by Crippen LogP contribution is -2.15. The maximum absolute atomic E-state index is 12.5. The van der Waals surface area contributed by atoms with Crippen molar-refractivity contribution in [3.8, 4) is 11.5 Å². The van der Waals surface area contributed by atoms with Crippen molar-refractivity contribution in [3.05, 3.63) is 66.1 Å². The van der Waals surface area contributed by atoms with E-state index in [-0.39, 0.29) is 11.6 Å². The molecule has 3 aromatic rings. The Morgan fingerprint density at radius 2 is 1.72 bits per heavy atom. The number of nitrogens with zero attached hydrogens (tertiary/aromatic N) is 2. The zero-order valence-electron chi connectivity index (χ0n) is 16.9. The molecule has 2 aromatic carbocycles. The fourth-order valence-electron chi connectivity index (χ4n) is 2.70. The molecule has 0 saturated heterocycles. The number of aromatic nitrogens is 2. The second kappa shape index (κ2) is 9.05. The molecule has 150 valence electrons. The van der Waals surface area contributed by atoms with Crippen LogP contribution in [0.1, 0.15) is 35.8 Å². The molecule has 3 rings (SSSR count). The van der Waals surface area contributed by atoms with Gasteiger partial charge >= 0.3 is 0 Å². The Hall–Kier alpha value is -3.61. The van der Waals surface area contributed by atoms with Gasteiger partial charge in [0, 0.05) is 11.8 Å². The van der Waals surface area contributed by atoms with Crippen molar-refractivity contribution in [2.45, 2.75) is 19.8 Å². The number of ether oxygens (including phenoxy) is 2. The number of nitrogens with one attached hydrogen (secondary N) is 2. The molecular weight excluding hydrogens is 368 g/mol. The van der Waals surface area contributed by atoms with E-state index in [0.29, 0.717) is 28.9 Å². The van der Waals surface area contributed by atoms with Crippen LogP contribution in [0.4, 0.5) is 17.2 Å². The molecule has 29 heavy (non-hydrogen) atoms. The molecule has 0 saturated carbocycles. The summed E-state index contributed by atoms with van der Waals surface area (Å²) in [5.74, 6) is 1.78. The average Bonchev–Trinajstić information content (AvgIpc) is 2.74. The van der Waals surface area contributed by atoms with Crippen LogP contribution in [0.3, 0.4) is 0 Å². The average molecular weight is 392 g/mol. The van der Waals surface area contributed by atoms with E-state index in [4.69, 9.17) is 9.47 Å². The van der Waals surface area contributed by atoms with Gasteiger partial charge < -0.3 is 20.1 Å². The van der Waals surface area contributed by atoms with Gasteiger partial charge in [-0.2, -0.15) is 0 Å². The Morgan fingerprint density at radius 3 is 2.31 bits per heavy atom. The molecule has 0 unspecified atom stereocenters. The summed E-state index contributed by atoms with van der Waals surface area (Å²) in [5, 5.41) is 5.95. The summed E-state index contributed by atoms with van der Waals surface area (Å²) in [6.45, 7) is 4.30. The van der Waals surface area contributed by atoms with E-state index in [0.717, 1.165) is 5.69 Å². The molecule has 0 fully saturated rings. The van der Waals surface area contributed by atoms with Gasteiger partial charge in [-0.3, -0.25) is 4.79 Å². The van der Waals surface area contributed by atoms with E-state index in [1.54, 1.807) is 25.3 Å². The van der Waals surface area contributed by atoms with Gasteiger partial charge in [0.05, 0.1) is 32.3 Å². The minimum atomic E-state index is -0.381. The van der Waals surface area contributed by atoms with Crippen LogP contribution in [0.2, 0.25) is 0 Å². The summed E-state index contributed by atoms with van der Waals surface area (Å²) < 4.78 is 10.5. The standard InChI is InChI=1S/C22H24N4O3/c1-14(2)15-5-7-16(8-6-15)25-21-13-23-19(12-24-21)22(27)26-18-10-9-17(28-3)11-20(18)29-4/h5-14H,1-4H3,(H,24,25)(H,26,27). The van der Waals surface area contributed by atoms with Gasteiger partial charge in [0.1, 0.15) is 23.0 Å². The van der Waals surface area contributed by atoms with Gasteiger partial charge in [0.15, 0.2) is 0 Å². The number of benzene rings is 2. The highest BCUT2D eigenvalue weighted by atomic mass is 16.5. The van der Waals surface area contributed by atoms with Crippen molar-refractivity contribution in [3.63, 3.8) is 0 Å². The van der Waals surface area contributed by atoms with Crippen molar-refractivity contribution in [2.75, 3.05) is 24.9 Å². The summed E-state index contributed by atoms with van der Waals surface area (Å²) in [6, 6.07) is 13.3. The third kappa shape index (κ3) is 5.01. The molecule has 7 heteroatoms. The lowest BCUT2D eigenvalue weighted by atomic mass is 10.0. The number of rotatable bonds is 7. The molecule has 0 bridgehead atoms. The van der Waals surface area contributed by atoms with E-state index in [1.807, 2.05) is 12.1 Å². The monoisotopic (exact) mass is 392 g/mol. The first-order valence-corrected chi connectivity index (χ1v) is 9.22. The predicted molar refractivity (Wildman–Crippen MR) is 113 cm³/mol. The maximum Gasteiger partial charge on any atom is 0.275 e. The minimum Gasteiger partial charge on any atom is -0.497 e. The molecule has 1 heterocycles. The Balaban J connectivity index is 1.67. The molecule has 0 radical (unpaired) electrons. The summed E-state index contributed by atoms with van der Waals surface area (Å²) in [5.41, 5.74) is 2.89. The fourth-order valence-corrected chi connectivity index (χ4v) is 2.70. The van der Waals surface area contributed by atoms with Crippen LogP contribution >= 0.6 is 0 Å². The van der Waals surface area contributed by atoms with Gasteiger partial charge in [-0.1, -0.05) is 26.0 Å². The van der Waals surface area contributed by atoms with Crippen LogP contribution in [0.25, 0.3) is 0 Å². The number of carbonyl (C=O) groups excluding carboxylic acids is 1. The number of methoxy groups -OCH3 is 2. The second-order valence-electron chi connectivity index (χ2n) is 6.71. The van der Waals surface area contributed by atoms with Crippen LogP contribution in [-0.4, -0.2) is 30.1 Å². The molecule has 0 aliphatic carbocycles. The highest BCUT2D eigenvalue weighted by molar-refractivity contribution is 6.03. The first-order chi connectivity index (χ1) is 14.0. The maximum atomic E-state index is 12.5. The Labute approximate surface area is 170 Å². The van der Waals surface area contributed by atoms with Crippen LogP contribution in [0.15, 0.2) is 54.9 Å². The van der Waals surface area contributed by atoms with Crippen molar-refractivity contribution in [1.29, 1.82) is 0 Å². The predicted octanol–water partition coefficient (Wildman–Crippen LogP) is 4.61. The Kier molecular flexibility index (Phi) is 6.29. The Bertz CT molecular complexity index is 970. The zero-order valence-corrected chi connectivity index (χ0v) is 16.9. The topological polar surface area (TPSA) is 85.4 Å². The molecule has 0 aliphatic rings. The van der Waals surface area contributed by atoms with Gasteiger partial charge in [-0.05, 0) is 35.7 Å². The minimum absolute atomic E-state index is 0.198. The number of hydrogen-bond acceptors (Lipinski definition) is 6. The Morgan fingerprint density at radius 1 is 0.966 bits per heavy atom. The zero-order chi connectivity index (χ0) is 20.8. The van der Waals surface area contributed by atoms with Gasteiger partial charge in [0.25, 0.3) is 5.91 Å². The summed E-state index contributed by atoms with van der Waals surface area (Å²) >= 11 is 0. The van der Waals surface area contributed by atoms with E-state index in [1.165, 1.54) is 25.1 Å². The van der Waals surface area contributed by atoms with E-state index in [9.17, 15) is 4.79 Å². The highest BCUT2D eigenvalue weighted by Crippen LogP contribution is 2.29.